The average molecular weight is 263 g/mol. The summed E-state index contributed by atoms with van der Waals surface area (Å²) in [6, 6.07) is 2.27. The van der Waals surface area contributed by atoms with Crippen LogP contribution in [0.4, 0.5) is 0 Å². The minimum Gasteiger partial charge on any atom is -0.333 e. The second kappa shape index (κ2) is 4.19. The van der Waals surface area contributed by atoms with Gasteiger partial charge in [0, 0.05) is 37.3 Å². The van der Waals surface area contributed by atoms with Crippen LogP contribution in [0.5, 0.6) is 0 Å². The molecule has 0 aromatic heterocycles. The molecule has 0 radical (unpaired) electrons. The number of fused-ring (bicyclic) bond motifs is 2. The Morgan fingerprint density at radius 1 is 1.11 bits per heavy atom. The lowest BCUT2D eigenvalue weighted by molar-refractivity contribution is -0.137. The van der Waals surface area contributed by atoms with E-state index in [1.807, 2.05) is 0 Å². The van der Waals surface area contributed by atoms with Gasteiger partial charge in [-0.3, -0.25) is 15.0 Å². The molecule has 0 aromatic carbocycles. The molecule has 4 nitrogen and oxygen atoms in total. The number of nitrogens with zero attached hydrogens (tertiary/aromatic N) is 2. The van der Waals surface area contributed by atoms with Crippen LogP contribution in [0, 0.1) is 5.92 Å². The molecular formula is C15H25N3O. The molecular weight excluding hydrogens is 238 g/mol. The number of carbonyl (C=O) groups is 1. The number of piperazine rings is 1. The number of carbonyl (C=O) groups excluding carboxylic acids is 1. The van der Waals surface area contributed by atoms with Gasteiger partial charge in [0.2, 0.25) is 5.91 Å². The first-order valence-corrected chi connectivity index (χ1v) is 7.97. The van der Waals surface area contributed by atoms with E-state index in [1.165, 1.54) is 25.7 Å². The van der Waals surface area contributed by atoms with E-state index in [2.05, 4.69) is 29.0 Å². The van der Waals surface area contributed by atoms with Crippen molar-refractivity contribution in [3.8, 4) is 0 Å². The summed E-state index contributed by atoms with van der Waals surface area (Å²) in [5.41, 5.74) is 0. The number of hydrogen-bond donors (Lipinski definition) is 1. The Hall–Kier alpha value is -0.610. The maximum atomic E-state index is 12.7. The van der Waals surface area contributed by atoms with Crippen LogP contribution in [0.2, 0.25) is 0 Å². The highest BCUT2D eigenvalue weighted by Gasteiger charge is 2.55. The molecule has 2 bridgehead atoms. The molecule has 1 saturated carbocycles. The summed E-state index contributed by atoms with van der Waals surface area (Å²) < 4.78 is 0. The van der Waals surface area contributed by atoms with Gasteiger partial charge in [-0.1, -0.05) is 0 Å². The Labute approximate surface area is 115 Å². The number of amides is 1. The van der Waals surface area contributed by atoms with Crippen LogP contribution in [0.25, 0.3) is 0 Å². The average Bonchev–Trinajstić information content (AvgIpc) is 3.26. The van der Waals surface area contributed by atoms with Gasteiger partial charge in [0.05, 0.1) is 0 Å². The van der Waals surface area contributed by atoms with Crippen molar-refractivity contribution < 1.29 is 4.79 Å². The standard InChI is InChI=1S/C15H25N3O/c1-9(2)17-7-11-5-6-12(8-17)18(11)15(19)14-13(16-14)10-3-4-10/h9-14,16H,3-8H2,1-2H3/t11-,12?,13+,14-/m1/s1. The maximum absolute atomic E-state index is 12.7. The van der Waals surface area contributed by atoms with E-state index >= 15 is 0 Å². The summed E-state index contributed by atoms with van der Waals surface area (Å²) in [5.74, 6) is 1.22. The number of nitrogens with one attached hydrogen (secondary N) is 1. The number of likely N-dealkylation sites (tertiary alicyclic amines) is 1. The summed E-state index contributed by atoms with van der Waals surface area (Å²) in [6.07, 6.45) is 5.08. The van der Waals surface area contributed by atoms with Gasteiger partial charge < -0.3 is 4.90 Å². The molecule has 3 saturated heterocycles. The molecule has 4 fully saturated rings. The first-order chi connectivity index (χ1) is 9.15. The highest BCUT2D eigenvalue weighted by atomic mass is 16.2. The van der Waals surface area contributed by atoms with Crippen molar-refractivity contribution in [1.29, 1.82) is 0 Å². The fourth-order valence-electron chi connectivity index (χ4n) is 4.12. The zero-order valence-corrected chi connectivity index (χ0v) is 12.0. The molecule has 4 aliphatic rings. The maximum Gasteiger partial charge on any atom is 0.241 e. The topological polar surface area (TPSA) is 45.5 Å². The zero-order chi connectivity index (χ0) is 13.1. The third kappa shape index (κ3) is 2.00. The van der Waals surface area contributed by atoms with Gasteiger partial charge in [-0.2, -0.15) is 0 Å². The molecule has 4 heteroatoms. The van der Waals surface area contributed by atoms with E-state index in [4.69, 9.17) is 0 Å². The molecule has 1 unspecified atom stereocenters. The van der Waals surface area contributed by atoms with Crippen LogP contribution >= 0.6 is 0 Å². The summed E-state index contributed by atoms with van der Waals surface area (Å²) in [4.78, 5) is 17.5. The molecule has 0 spiro atoms. The monoisotopic (exact) mass is 263 g/mol. The van der Waals surface area contributed by atoms with Crippen LogP contribution < -0.4 is 5.32 Å². The van der Waals surface area contributed by atoms with E-state index in [0.29, 0.717) is 30.1 Å². The second-order valence-electron chi connectivity index (χ2n) is 7.19. The lowest BCUT2D eigenvalue weighted by atomic mass is 10.1. The lowest BCUT2D eigenvalue weighted by Gasteiger charge is -2.42. The third-order valence-electron chi connectivity index (χ3n) is 5.51. The molecule has 106 valence electrons. The van der Waals surface area contributed by atoms with Gasteiger partial charge in [-0.25, -0.2) is 0 Å². The predicted octanol–water partition coefficient (Wildman–Crippen LogP) is 0.820. The van der Waals surface area contributed by atoms with E-state index in [1.54, 1.807) is 0 Å². The molecule has 1 amide bonds. The fourth-order valence-corrected chi connectivity index (χ4v) is 4.12. The lowest BCUT2D eigenvalue weighted by Crippen LogP contribution is -2.58. The third-order valence-corrected chi connectivity index (χ3v) is 5.51. The minimum atomic E-state index is 0.168. The molecule has 4 rings (SSSR count). The first kappa shape index (κ1) is 12.2. The first-order valence-electron chi connectivity index (χ1n) is 7.97. The van der Waals surface area contributed by atoms with Gasteiger partial charge in [-0.15, -0.1) is 0 Å². The van der Waals surface area contributed by atoms with Gasteiger partial charge in [0.25, 0.3) is 0 Å². The van der Waals surface area contributed by atoms with Crippen LogP contribution in [-0.2, 0) is 4.79 Å². The molecule has 1 N–H and O–H groups in total. The van der Waals surface area contributed by atoms with Crippen LogP contribution in [-0.4, -0.2) is 59.0 Å². The Bertz CT molecular complexity index is 379. The van der Waals surface area contributed by atoms with Crippen LogP contribution in [0.1, 0.15) is 39.5 Å². The largest absolute Gasteiger partial charge is 0.333 e. The van der Waals surface area contributed by atoms with E-state index in [0.717, 1.165) is 19.0 Å². The van der Waals surface area contributed by atoms with Gasteiger partial charge in [0.15, 0.2) is 0 Å². The zero-order valence-electron chi connectivity index (χ0n) is 12.0. The molecule has 3 aliphatic heterocycles. The van der Waals surface area contributed by atoms with Crippen molar-refractivity contribution in [1.82, 2.24) is 15.1 Å². The number of rotatable bonds is 3. The van der Waals surface area contributed by atoms with E-state index in [9.17, 15) is 4.79 Å². The molecule has 0 aromatic rings. The summed E-state index contributed by atoms with van der Waals surface area (Å²) in [7, 11) is 0. The van der Waals surface area contributed by atoms with Crippen molar-refractivity contribution in [2.24, 2.45) is 5.92 Å². The fraction of sp³-hybridized carbons (Fsp3) is 0.933. The molecule has 1 aliphatic carbocycles. The van der Waals surface area contributed by atoms with Gasteiger partial charge in [-0.05, 0) is 45.4 Å². The number of hydrogen-bond acceptors (Lipinski definition) is 3. The van der Waals surface area contributed by atoms with Crippen LogP contribution in [0.3, 0.4) is 0 Å². The van der Waals surface area contributed by atoms with E-state index < -0.39 is 0 Å². The Morgan fingerprint density at radius 3 is 2.26 bits per heavy atom. The summed E-state index contributed by atoms with van der Waals surface area (Å²) in [6.45, 7) is 6.70. The molecule has 3 heterocycles. The SMILES string of the molecule is CC(C)N1CC2CC[C@H](C1)N2C(=O)[C@@H]1N[C@H]1C1CC1. The van der Waals surface area contributed by atoms with Crippen molar-refractivity contribution >= 4 is 5.91 Å². The Balaban J connectivity index is 1.43. The van der Waals surface area contributed by atoms with Crippen molar-refractivity contribution in [3.63, 3.8) is 0 Å². The summed E-state index contributed by atoms with van der Waals surface area (Å²) >= 11 is 0. The van der Waals surface area contributed by atoms with Gasteiger partial charge in [0.1, 0.15) is 6.04 Å². The summed E-state index contributed by atoms with van der Waals surface area (Å²) in [5, 5.41) is 3.43. The smallest absolute Gasteiger partial charge is 0.241 e. The molecule has 4 atom stereocenters. The van der Waals surface area contributed by atoms with Crippen LogP contribution in [0.15, 0.2) is 0 Å². The molecule has 19 heavy (non-hydrogen) atoms. The second-order valence-corrected chi connectivity index (χ2v) is 7.19. The Kier molecular flexibility index (Phi) is 2.68. The normalized spacial score (nSPS) is 41.9. The van der Waals surface area contributed by atoms with Crippen molar-refractivity contribution in [2.75, 3.05) is 13.1 Å². The highest BCUT2D eigenvalue weighted by molar-refractivity contribution is 5.87. The van der Waals surface area contributed by atoms with Gasteiger partial charge >= 0.3 is 0 Å². The Morgan fingerprint density at radius 2 is 1.74 bits per heavy atom. The van der Waals surface area contributed by atoms with Crippen molar-refractivity contribution in [3.05, 3.63) is 0 Å². The predicted molar refractivity (Wildman–Crippen MR) is 73.8 cm³/mol. The minimum absolute atomic E-state index is 0.168. The highest BCUT2D eigenvalue weighted by Crippen LogP contribution is 2.41. The van der Waals surface area contributed by atoms with Crippen molar-refractivity contribution in [2.45, 2.75) is 69.7 Å². The van der Waals surface area contributed by atoms with E-state index in [-0.39, 0.29) is 6.04 Å². The quantitative estimate of drug-likeness (QED) is 0.767.